The van der Waals surface area contributed by atoms with Crippen molar-refractivity contribution >= 4 is 15.9 Å². The van der Waals surface area contributed by atoms with E-state index in [0.717, 1.165) is 22.9 Å². The Hall–Kier alpha value is -0.410. The summed E-state index contributed by atoms with van der Waals surface area (Å²) in [7, 11) is 0. The second kappa shape index (κ2) is 5.17. The normalized spacial score (nSPS) is 30.3. The molecular weight excluding hydrogens is 305 g/mol. The fraction of sp³-hybridized carbons (Fsp3) is 0.625. The third kappa shape index (κ3) is 3.79. The zero-order chi connectivity index (χ0) is 14.3. The Morgan fingerprint density at radius 3 is 2.68 bits per heavy atom. The molecule has 2 N–H and O–H groups in total. The molecule has 106 valence electrons. The fourth-order valence-corrected chi connectivity index (χ4v) is 4.41. The van der Waals surface area contributed by atoms with Gasteiger partial charge in [0.15, 0.2) is 0 Å². The smallest absolute Gasteiger partial charge is 0.126 e. The largest absolute Gasteiger partial charge is 0.325 e. The van der Waals surface area contributed by atoms with Gasteiger partial charge in [-0.3, -0.25) is 0 Å². The van der Waals surface area contributed by atoms with Crippen LogP contribution in [0.3, 0.4) is 0 Å². The van der Waals surface area contributed by atoms with Crippen LogP contribution < -0.4 is 5.73 Å². The Balaban J connectivity index is 2.23. The standard InChI is InChI=1S/C16H23BrFN/c1-11-7-15(2,3)10-16(19,8-11)9-12-6-13(17)4-5-14(12)18/h4-6,11H,7-10,19H2,1-3H3. The first-order valence-corrected chi connectivity index (χ1v) is 7.71. The van der Waals surface area contributed by atoms with Gasteiger partial charge in [0.05, 0.1) is 0 Å². The highest BCUT2D eigenvalue weighted by Gasteiger charge is 2.40. The number of benzene rings is 1. The van der Waals surface area contributed by atoms with E-state index < -0.39 is 0 Å². The first-order valence-electron chi connectivity index (χ1n) is 6.92. The first kappa shape index (κ1) is 15.0. The molecule has 1 aromatic rings. The topological polar surface area (TPSA) is 26.0 Å². The van der Waals surface area contributed by atoms with Crippen molar-refractivity contribution in [3.05, 3.63) is 34.1 Å². The van der Waals surface area contributed by atoms with Gasteiger partial charge in [0.25, 0.3) is 0 Å². The van der Waals surface area contributed by atoms with E-state index in [1.54, 1.807) is 6.07 Å². The highest BCUT2D eigenvalue weighted by Crippen LogP contribution is 2.44. The monoisotopic (exact) mass is 327 g/mol. The van der Waals surface area contributed by atoms with Crippen LogP contribution in [0.25, 0.3) is 0 Å². The number of hydrogen-bond donors (Lipinski definition) is 1. The molecule has 0 aromatic heterocycles. The molecule has 1 aliphatic rings. The van der Waals surface area contributed by atoms with E-state index in [9.17, 15) is 4.39 Å². The van der Waals surface area contributed by atoms with Crippen molar-refractivity contribution in [1.82, 2.24) is 0 Å². The predicted octanol–water partition coefficient (Wildman–Crippen LogP) is 4.67. The van der Waals surface area contributed by atoms with E-state index >= 15 is 0 Å². The van der Waals surface area contributed by atoms with Crippen LogP contribution >= 0.6 is 15.9 Å². The summed E-state index contributed by atoms with van der Waals surface area (Å²) in [5.74, 6) is 0.452. The fourth-order valence-electron chi connectivity index (χ4n) is 4.00. The lowest BCUT2D eigenvalue weighted by atomic mass is 9.63. The minimum atomic E-state index is -0.289. The maximum atomic E-state index is 13.9. The summed E-state index contributed by atoms with van der Waals surface area (Å²) in [5.41, 5.74) is 7.27. The van der Waals surface area contributed by atoms with Gasteiger partial charge in [-0.25, -0.2) is 4.39 Å². The average Bonchev–Trinajstić information content (AvgIpc) is 2.19. The molecule has 1 aromatic carbocycles. The molecule has 1 nitrogen and oxygen atoms in total. The van der Waals surface area contributed by atoms with E-state index in [1.807, 2.05) is 6.07 Å². The third-order valence-electron chi connectivity index (χ3n) is 4.04. The van der Waals surface area contributed by atoms with Gasteiger partial charge in [0.1, 0.15) is 5.82 Å². The number of nitrogens with two attached hydrogens (primary N) is 1. The maximum Gasteiger partial charge on any atom is 0.126 e. The Kier molecular flexibility index (Phi) is 4.08. The van der Waals surface area contributed by atoms with Gasteiger partial charge in [-0.2, -0.15) is 0 Å². The van der Waals surface area contributed by atoms with Gasteiger partial charge in [-0.15, -0.1) is 0 Å². The molecule has 3 heteroatoms. The molecule has 2 rings (SSSR count). The van der Waals surface area contributed by atoms with E-state index in [-0.39, 0.29) is 16.8 Å². The van der Waals surface area contributed by atoms with Crippen molar-refractivity contribution in [3.8, 4) is 0 Å². The van der Waals surface area contributed by atoms with E-state index in [4.69, 9.17) is 5.73 Å². The van der Waals surface area contributed by atoms with E-state index in [0.29, 0.717) is 12.3 Å². The quantitative estimate of drug-likeness (QED) is 0.838. The predicted molar refractivity (Wildman–Crippen MR) is 81.5 cm³/mol. The zero-order valence-electron chi connectivity index (χ0n) is 12.0. The van der Waals surface area contributed by atoms with Crippen LogP contribution in [0.2, 0.25) is 0 Å². The van der Waals surface area contributed by atoms with Gasteiger partial charge in [0, 0.05) is 10.0 Å². The van der Waals surface area contributed by atoms with Crippen LogP contribution in [0.15, 0.2) is 22.7 Å². The van der Waals surface area contributed by atoms with Crippen molar-refractivity contribution in [3.63, 3.8) is 0 Å². The highest BCUT2D eigenvalue weighted by molar-refractivity contribution is 9.10. The molecule has 1 saturated carbocycles. The van der Waals surface area contributed by atoms with Gasteiger partial charge >= 0.3 is 0 Å². The molecule has 1 aliphatic carbocycles. The van der Waals surface area contributed by atoms with Crippen molar-refractivity contribution in [2.45, 2.75) is 52.0 Å². The summed E-state index contributed by atoms with van der Waals surface area (Å²) in [6, 6.07) is 5.10. The lowest BCUT2D eigenvalue weighted by Gasteiger charge is -2.46. The molecule has 0 amide bonds. The molecule has 0 heterocycles. The minimum Gasteiger partial charge on any atom is -0.325 e. The second-order valence-electron chi connectivity index (χ2n) is 7.13. The van der Waals surface area contributed by atoms with Crippen LogP contribution in [0.1, 0.15) is 45.6 Å². The molecule has 0 aliphatic heterocycles. The van der Waals surface area contributed by atoms with Gasteiger partial charge in [-0.1, -0.05) is 36.7 Å². The number of halogens is 2. The van der Waals surface area contributed by atoms with Gasteiger partial charge in [-0.05, 0) is 60.8 Å². The molecule has 0 bridgehead atoms. The molecule has 1 fully saturated rings. The zero-order valence-corrected chi connectivity index (χ0v) is 13.6. The molecule has 0 saturated heterocycles. The maximum absolute atomic E-state index is 13.9. The van der Waals surface area contributed by atoms with Crippen molar-refractivity contribution in [1.29, 1.82) is 0 Å². The number of hydrogen-bond acceptors (Lipinski definition) is 1. The lowest BCUT2D eigenvalue weighted by Crippen LogP contribution is -2.50. The summed E-state index contributed by atoms with van der Waals surface area (Å²) in [5, 5.41) is 0. The van der Waals surface area contributed by atoms with E-state index in [2.05, 4.69) is 36.7 Å². The first-order chi connectivity index (χ1) is 8.69. The van der Waals surface area contributed by atoms with Crippen LogP contribution in [-0.2, 0) is 6.42 Å². The second-order valence-corrected chi connectivity index (χ2v) is 8.04. The SMILES string of the molecule is CC1CC(C)(C)CC(N)(Cc2cc(Br)ccc2F)C1. The third-order valence-corrected chi connectivity index (χ3v) is 4.53. The molecule has 0 radical (unpaired) electrons. The minimum absolute atomic E-state index is 0.149. The Labute approximate surface area is 123 Å². The van der Waals surface area contributed by atoms with Crippen molar-refractivity contribution in [2.75, 3.05) is 0 Å². The highest BCUT2D eigenvalue weighted by atomic mass is 79.9. The summed E-state index contributed by atoms with van der Waals surface area (Å²) < 4.78 is 14.8. The lowest BCUT2D eigenvalue weighted by molar-refractivity contribution is 0.107. The van der Waals surface area contributed by atoms with Gasteiger partial charge < -0.3 is 5.73 Å². The van der Waals surface area contributed by atoms with Gasteiger partial charge in [0.2, 0.25) is 0 Å². The van der Waals surface area contributed by atoms with E-state index in [1.165, 1.54) is 12.5 Å². The van der Waals surface area contributed by atoms with Crippen molar-refractivity contribution < 1.29 is 4.39 Å². The number of rotatable bonds is 2. The summed E-state index contributed by atoms with van der Waals surface area (Å²) in [6.07, 6.45) is 3.75. The Morgan fingerprint density at radius 2 is 2.05 bits per heavy atom. The summed E-state index contributed by atoms with van der Waals surface area (Å²) in [4.78, 5) is 0. The Bertz CT molecular complexity index is 472. The molecule has 0 spiro atoms. The Morgan fingerprint density at radius 1 is 1.37 bits per heavy atom. The molecule has 2 unspecified atom stereocenters. The summed E-state index contributed by atoms with van der Waals surface area (Å²) >= 11 is 3.41. The summed E-state index contributed by atoms with van der Waals surface area (Å²) in [6.45, 7) is 6.78. The van der Waals surface area contributed by atoms with Crippen LogP contribution in [0, 0.1) is 17.2 Å². The van der Waals surface area contributed by atoms with Crippen LogP contribution in [0.5, 0.6) is 0 Å². The molecule has 19 heavy (non-hydrogen) atoms. The molecular formula is C16H23BrFN. The van der Waals surface area contributed by atoms with Crippen molar-refractivity contribution in [2.24, 2.45) is 17.1 Å². The van der Waals surface area contributed by atoms with Crippen LogP contribution in [-0.4, -0.2) is 5.54 Å². The average molecular weight is 328 g/mol. The van der Waals surface area contributed by atoms with Crippen LogP contribution in [0.4, 0.5) is 4.39 Å². The molecule has 2 atom stereocenters.